The first-order valence-electron chi connectivity index (χ1n) is 5.86. The van der Waals surface area contributed by atoms with Gasteiger partial charge in [-0.1, -0.05) is 11.6 Å². The van der Waals surface area contributed by atoms with Crippen molar-refractivity contribution >= 4 is 17.4 Å². The smallest absolute Gasteiger partial charge is 0.164 e. The van der Waals surface area contributed by atoms with Gasteiger partial charge in [-0.3, -0.25) is 4.79 Å². The molecule has 0 spiro atoms. The van der Waals surface area contributed by atoms with Gasteiger partial charge < -0.3 is 5.32 Å². The highest BCUT2D eigenvalue weighted by Crippen LogP contribution is 2.22. The Kier molecular flexibility index (Phi) is 4.13. The number of hydrogen-bond acceptors (Lipinski definition) is 2. The van der Waals surface area contributed by atoms with Crippen molar-refractivity contribution in [3.63, 3.8) is 0 Å². The number of halogens is 2. The van der Waals surface area contributed by atoms with Gasteiger partial charge in [-0.15, -0.1) is 0 Å². The van der Waals surface area contributed by atoms with Crippen LogP contribution in [-0.4, -0.2) is 18.9 Å². The molecule has 0 aromatic heterocycles. The van der Waals surface area contributed by atoms with Gasteiger partial charge >= 0.3 is 0 Å². The van der Waals surface area contributed by atoms with Gasteiger partial charge in [0.2, 0.25) is 0 Å². The molecule has 1 aliphatic rings. The molecular weight excluding hydrogens is 241 g/mol. The standard InChI is InChI=1S/C13H15ClFNO/c14-12-4-3-10(15)7-11(12)13(17)6-9-2-1-5-16-8-9/h3-4,7,9,16H,1-2,5-6,8H2. The van der Waals surface area contributed by atoms with Gasteiger partial charge in [0.25, 0.3) is 0 Å². The monoisotopic (exact) mass is 255 g/mol. The molecule has 0 amide bonds. The molecule has 2 rings (SSSR count). The van der Waals surface area contributed by atoms with E-state index in [1.807, 2.05) is 0 Å². The second kappa shape index (κ2) is 5.61. The third kappa shape index (κ3) is 3.27. The molecule has 0 saturated carbocycles. The lowest BCUT2D eigenvalue weighted by Crippen LogP contribution is -2.31. The van der Waals surface area contributed by atoms with Crippen molar-refractivity contribution in [3.05, 3.63) is 34.6 Å². The Hall–Kier alpha value is -0.930. The second-order valence-electron chi connectivity index (χ2n) is 4.46. The highest BCUT2D eigenvalue weighted by Gasteiger charge is 2.19. The third-order valence-corrected chi connectivity index (χ3v) is 3.43. The Bertz CT molecular complexity index is 416. The number of hydrogen-bond donors (Lipinski definition) is 1. The summed E-state index contributed by atoms with van der Waals surface area (Å²) in [6, 6.07) is 3.92. The number of Topliss-reactive ketones (excluding diaryl/α,β-unsaturated/α-hetero) is 1. The number of nitrogens with one attached hydrogen (secondary N) is 1. The predicted molar refractivity (Wildman–Crippen MR) is 66.0 cm³/mol. The molecule has 1 N–H and O–H groups in total. The molecule has 4 heteroatoms. The van der Waals surface area contributed by atoms with Gasteiger partial charge in [0.15, 0.2) is 5.78 Å². The first-order chi connectivity index (χ1) is 8.16. The van der Waals surface area contributed by atoms with Gasteiger partial charge in [0, 0.05) is 12.0 Å². The topological polar surface area (TPSA) is 29.1 Å². The van der Waals surface area contributed by atoms with Crippen molar-refractivity contribution < 1.29 is 9.18 Å². The van der Waals surface area contributed by atoms with E-state index in [1.54, 1.807) is 0 Å². The minimum atomic E-state index is -0.417. The van der Waals surface area contributed by atoms with Gasteiger partial charge in [0.1, 0.15) is 5.82 Å². The van der Waals surface area contributed by atoms with E-state index in [1.165, 1.54) is 18.2 Å². The molecule has 2 nitrogen and oxygen atoms in total. The summed E-state index contributed by atoms with van der Waals surface area (Å²) in [4.78, 5) is 12.0. The van der Waals surface area contributed by atoms with E-state index in [-0.39, 0.29) is 5.78 Å². The fourth-order valence-corrected chi connectivity index (χ4v) is 2.40. The number of rotatable bonds is 3. The average molecular weight is 256 g/mol. The van der Waals surface area contributed by atoms with Crippen molar-refractivity contribution in [2.45, 2.75) is 19.3 Å². The van der Waals surface area contributed by atoms with Crippen molar-refractivity contribution in [1.82, 2.24) is 5.32 Å². The zero-order valence-electron chi connectivity index (χ0n) is 9.51. The largest absolute Gasteiger partial charge is 0.316 e. The van der Waals surface area contributed by atoms with E-state index in [9.17, 15) is 9.18 Å². The quantitative estimate of drug-likeness (QED) is 0.841. The molecule has 1 aromatic carbocycles. The maximum absolute atomic E-state index is 13.1. The summed E-state index contributed by atoms with van der Waals surface area (Å²) in [5.74, 6) is -0.140. The van der Waals surface area contributed by atoms with Crippen LogP contribution in [0.25, 0.3) is 0 Å². The Morgan fingerprint density at radius 3 is 3.06 bits per heavy atom. The number of carbonyl (C=O) groups is 1. The summed E-state index contributed by atoms with van der Waals surface area (Å²) in [7, 11) is 0. The summed E-state index contributed by atoms with van der Waals surface area (Å²) >= 11 is 5.91. The molecule has 92 valence electrons. The summed E-state index contributed by atoms with van der Waals surface area (Å²) in [5, 5.41) is 3.59. The molecule has 17 heavy (non-hydrogen) atoms. The highest BCUT2D eigenvalue weighted by molar-refractivity contribution is 6.33. The second-order valence-corrected chi connectivity index (χ2v) is 4.87. The summed E-state index contributed by atoms with van der Waals surface area (Å²) in [6.07, 6.45) is 2.58. The highest BCUT2D eigenvalue weighted by atomic mass is 35.5. The fraction of sp³-hybridized carbons (Fsp3) is 0.462. The average Bonchev–Trinajstić information content (AvgIpc) is 2.33. The minimum absolute atomic E-state index is 0.0665. The van der Waals surface area contributed by atoms with Gasteiger partial charge in [0.05, 0.1) is 5.02 Å². The lowest BCUT2D eigenvalue weighted by molar-refractivity contribution is 0.0953. The summed E-state index contributed by atoms with van der Waals surface area (Å²) < 4.78 is 13.1. The lowest BCUT2D eigenvalue weighted by atomic mass is 9.92. The zero-order valence-corrected chi connectivity index (χ0v) is 10.3. The maximum Gasteiger partial charge on any atom is 0.164 e. The summed E-state index contributed by atoms with van der Waals surface area (Å²) in [6.45, 7) is 1.88. The Balaban J connectivity index is 2.05. The van der Waals surface area contributed by atoms with Crippen LogP contribution in [0.4, 0.5) is 4.39 Å². The Morgan fingerprint density at radius 1 is 1.53 bits per heavy atom. The van der Waals surface area contributed by atoms with Crippen LogP contribution in [0.1, 0.15) is 29.6 Å². The van der Waals surface area contributed by atoms with Crippen molar-refractivity contribution in [2.24, 2.45) is 5.92 Å². The third-order valence-electron chi connectivity index (χ3n) is 3.10. The molecule has 1 atom stereocenters. The molecular formula is C13H15ClFNO. The van der Waals surface area contributed by atoms with Crippen LogP contribution in [0.5, 0.6) is 0 Å². The normalized spacial score (nSPS) is 20.2. The van der Waals surface area contributed by atoms with Crippen LogP contribution >= 0.6 is 11.6 Å². The van der Waals surface area contributed by atoms with Crippen molar-refractivity contribution in [3.8, 4) is 0 Å². The van der Waals surface area contributed by atoms with Crippen LogP contribution in [0.3, 0.4) is 0 Å². The molecule has 0 aliphatic carbocycles. The number of carbonyl (C=O) groups excluding carboxylic acids is 1. The number of piperidine rings is 1. The molecule has 0 bridgehead atoms. The van der Waals surface area contributed by atoms with Crippen LogP contribution in [0.2, 0.25) is 5.02 Å². The first-order valence-corrected chi connectivity index (χ1v) is 6.23. The van der Waals surface area contributed by atoms with E-state index in [0.29, 0.717) is 22.9 Å². The van der Waals surface area contributed by atoms with Crippen molar-refractivity contribution in [1.29, 1.82) is 0 Å². The zero-order chi connectivity index (χ0) is 12.3. The molecule has 1 unspecified atom stereocenters. The minimum Gasteiger partial charge on any atom is -0.316 e. The number of ketones is 1. The van der Waals surface area contributed by atoms with E-state index < -0.39 is 5.82 Å². The molecule has 1 heterocycles. The van der Waals surface area contributed by atoms with Crippen molar-refractivity contribution in [2.75, 3.05) is 13.1 Å². The first kappa shape index (κ1) is 12.5. The van der Waals surface area contributed by atoms with Gasteiger partial charge in [-0.2, -0.15) is 0 Å². The van der Waals surface area contributed by atoms with E-state index >= 15 is 0 Å². The number of benzene rings is 1. The van der Waals surface area contributed by atoms with Gasteiger partial charge in [-0.25, -0.2) is 4.39 Å². The van der Waals surface area contributed by atoms with E-state index in [2.05, 4.69) is 5.32 Å². The van der Waals surface area contributed by atoms with Crippen LogP contribution in [-0.2, 0) is 0 Å². The molecule has 1 aromatic rings. The van der Waals surface area contributed by atoms with Crippen LogP contribution in [0.15, 0.2) is 18.2 Å². The molecule has 0 radical (unpaired) electrons. The van der Waals surface area contributed by atoms with Crippen LogP contribution < -0.4 is 5.32 Å². The van der Waals surface area contributed by atoms with Gasteiger partial charge in [-0.05, 0) is 50.0 Å². The Labute approximate surface area is 105 Å². The SMILES string of the molecule is O=C(CC1CCCNC1)c1cc(F)ccc1Cl. The fourth-order valence-electron chi connectivity index (χ4n) is 2.18. The van der Waals surface area contributed by atoms with Crippen LogP contribution in [0, 0.1) is 11.7 Å². The Morgan fingerprint density at radius 2 is 2.35 bits per heavy atom. The lowest BCUT2D eigenvalue weighted by Gasteiger charge is -2.22. The predicted octanol–water partition coefficient (Wildman–Crippen LogP) is 3.05. The molecule has 1 aliphatic heterocycles. The molecule has 1 saturated heterocycles. The van der Waals surface area contributed by atoms with E-state index in [0.717, 1.165) is 25.9 Å². The maximum atomic E-state index is 13.1. The molecule has 1 fully saturated rings. The van der Waals surface area contributed by atoms with E-state index in [4.69, 9.17) is 11.6 Å². The summed E-state index contributed by atoms with van der Waals surface area (Å²) in [5.41, 5.74) is 0.303.